The van der Waals surface area contributed by atoms with Crippen molar-refractivity contribution < 1.29 is 23.2 Å². The van der Waals surface area contributed by atoms with Crippen molar-refractivity contribution in [1.29, 1.82) is 0 Å². The Morgan fingerprint density at radius 2 is 0.622 bits per heavy atom. The minimum absolute atomic E-state index is 0.401. The summed E-state index contributed by atoms with van der Waals surface area (Å²) in [5, 5.41) is 5.84. The van der Waals surface area contributed by atoms with Gasteiger partial charge in [-0.1, -0.05) is 0 Å². The van der Waals surface area contributed by atoms with Gasteiger partial charge in [0.1, 0.15) is 0 Å². The van der Waals surface area contributed by atoms with Gasteiger partial charge in [-0.2, -0.15) is 0 Å². The van der Waals surface area contributed by atoms with Gasteiger partial charge in [-0.05, 0) is 0 Å². The molecule has 2 aliphatic rings. The summed E-state index contributed by atoms with van der Waals surface area (Å²) in [5.74, 6) is 0. The second-order valence-corrected chi connectivity index (χ2v) is 19.5. The van der Waals surface area contributed by atoms with Crippen LogP contribution in [0.2, 0.25) is 0 Å². The first-order valence-electron chi connectivity index (χ1n) is 15.5. The molecule has 0 aromatic heterocycles. The summed E-state index contributed by atoms with van der Waals surface area (Å²) in [6.45, 7) is 0. The molecule has 2 unspecified atom stereocenters. The van der Waals surface area contributed by atoms with E-state index in [1.165, 1.54) is 43.5 Å². The number of hydrogen-bond acceptors (Lipinski definition) is 0. The summed E-state index contributed by atoms with van der Waals surface area (Å²) in [6.07, 6.45) is 5.20. The molecule has 0 bridgehead atoms. The van der Waals surface area contributed by atoms with Gasteiger partial charge in [0.15, 0.2) is 0 Å². The van der Waals surface area contributed by atoms with Crippen LogP contribution in [0.25, 0.3) is 12.2 Å². The average Bonchev–Trinajstić information content (AvgIpc) is 3.65. The molecule has 45 heavy (non-hydrogen) atoms. The molecule has 0 N–H and O–H groups in total. The summed E-state index contributed by atoms with van der Waals surface area (Å²) in [4.78, 5) is 0. The maximum atomic E-state index is 2.60. The van der Waals surface area contributed by atoms with E-state index in [-0.39, 0.29) is 0 Å². The summed E-state index contributed by atoms with van der Waals surface area (Å²) in [5.41, 5.74) is 6.65. The van der Waals surface area contributed by atoms with E-state index in [1.807, 2.05) is 0 Å². The van der Waals surface area contributed by atoms with E-state index in [0.717, 1.165) is 0 Å². The maximum absolute atomic E-state index is 2.60. The van der Waals surface area contributed by atoms with Crippen molar-refractivity contribution in [3.63, 3.8) is 0 Å². The number of allylic oxidation sites excluding steroid dienone is 2. The number of rotatable bonds is 8. The summed E-state index contributed by atoms with van der Waals surface area (Å²) < 4.78 is 3.41. The second kappa shape index (κ2) is 13.1. The fraction of sp³-hybridized carbons (Fsp3) is 0.0476. The number of benzene rings is 6. The molecule has 0 amide bonds. The summed E-state index contributed by atoms with van der Waals surface area (Å²) in [7, 11) is -1.24. The second-order valence-electron chi connectivity index (χ2n) is 11.5. The van der Waals surface area contributed by atoms with Crippen LogP contribution in [0.5, 0.6) is 0 Å². The molecule has 0 nitrogen and oxygen atoms in total. The molecule has 8 rings (SSSR count). The first-order valence-corrected chi connectivity index (χ1v) is 20.8. The van der Waals surface area contributed by atoms with Crippen LogP contribution in [0.4, 0.5) is 0 Å². The molecule has 6 aromatic carbocycles. The fourth-order valence-electron chi connectivity index (χ4n) is 6.79. The Morgan fingerprint density at radius 1 is 0.333 bits per heavy atom. The Kier molecular flexibility index (Phi) is 8.44. The van der Waals surface area contributed by atoms with E-state index in [1.54, 1.807) is 6.56 Å². The van der Waals surface area contributed by atoms with Gasteiger partial charge in [0, 0.05) is 0 Å². The number of fused-ring (bicyclic) bond motifs is 2. The Morgan fingerprint density at radius 3 is 0.956 bits per heavy atom. The van der Waals surface area contributed by atoms with Crippen LogP contribution < -0.4 is 21.2 Å². The molecule has 0 spiro atoms. The minimum atomic E-state index is -1.21. The molecule has 2 aliphatic carbocycles. The third-order valence-corrected chi connectivity index (χ3v) is 19.0. The van der Waals surface area contributed by atoms with Crippen LogP contribution in [-0.4, -0.2) is 0 Å². The molecule has 0 aliphatic heterocycles. The van der Waals surface area contributed by atoms with Gasteiger partial charge in [-0.25, -0.2) is 0 Å². The molecule has 0 heterocycles. The van der Waals surface area contributed by atoms with Crippen molar-refractivity contribution in [3.05, 3.63) is 199 Å². The number of hydrogen-bond donors (Lipinski definition) is 0. The Bertz CT molecular complexity index is 1760. The molecule has 0 saturated carbocycles. The molecule has 0 saturated heterocycles. The predicted molar refractivity (Wildman–Crippen MR) is 192 cm³/mol. The van der Waals surface area contributed by atoms with E-state index < -0.39 is 39.1 Å². The summed E-state index contributed by atoms with van der Waals surface area (Å²) in [6, 6.07) is 63.7. The Balaban J connectivity index is 1.26. The van der Waals surface area contributed by atoms with Crippen molar-refractivity contribution in [3.8, 4) is 0 Å². The molecule has 6 aromatic rings. The van der Waals surface area contributed by atoms with E-state index in [9.17, 15) is 0 Å². The monoisotopic (exact) mass is 688 g/mol. The third kappa shape index (κ3) is 5.73. The molecule has 0 radical (unpaired) electrons. The van der Waals surface area contributed by atoms with Crippen LogP contribution in [0, 0.1) is 0 Å². The van der Waals surface area contributed by atoms with Gasteiger partial charge in [0.2, 0.25) is 0 Å². The van der Waals surface area contributed by atoms with Crippen molar-refractivity contribution >= 4 is 49.2 Å². The van der Waals surface area contributed by atoms with Gasteiger partial charge in [-0.3, -0.25) is 0 Å². The average molecular weight is 690 g/mol. The zero-order valence-electron chi connectivity index (χ0n) is 24.9. The van der Waals surface area contributed by atoms with E-state index >= 15 is 0 Å². The topological polar surface area (TPSA) is 0 Å². The van der Waals surface area contributed by atoms with Crippen molar-refractivity contribution in [2.24, 2.45) is 0 Å². The van der Waals surface area contributed by atoms with Crippen molar-refractivity contribution in [1.82, 2.24) is 0 Å². The van der Waals surface area contributed by atoms with Crippen LogP contribution >= 0.6 is 15.8 Å². The zero-order valence-corrected chi connectivity index (χ0v) is 29.1. The van der Waals surface area contributed by atoms with Crippen molar-refractivity contribution in [2.45, 2.75) is 11.3 Å². The third-order valence-electron chi connectivity index (χ3n) is 8.73. The Hall–Kier alpha value is -3.46. The van der Waals surface area contributed by atoms with Gasteiger partial charge in [0.25, 0.3) is 0 Å². The van der Waals surface area contributed by atoms with Crippen LogP contribution in [0.15, 0.2) is 176 Å². The molecule has 2 atom stereocenters. The van der Waals surface area contributed by atoms with Crippen LogP contribution in [0.1, 0.15) is 33.6 Å². The normalized spacial score (nSPS) is 16.7. The predicted octanol–water partition coefficient (Wildman–Crippen LogP) is 9.53. The summed E-state index contributed by atoms with van der Waals surface area (Å²) >= 11 is -1.21. The van der Waals surface area contributed by atoms with Gasteiger partial charge in [-0.15, -0.1) is 0 Å². The SMILES string of the molecule is C1=[C]([Zr][C]2=Cc3ccccc3C2P(c2ccccc2)c2ccccc2)C(P(c2ccccc2)c2ccccc2)c2ccccc21. The first kappa shape index (κ1) is 29.0. The molecule has 3 heteroatoms. The first-order chi connectivity index (χ1) is 22.3. The van der Waals surface area contributed by atoms with Gasteiger partial charge < -0.3 is 0 Å². The molecule has 0 fully saturated rings. The van der Waals surface area contributed by atoms with E-state index in [0.29, 0.717) is 11.3 Å². The fourth-order valence-corrected chi connectivity index (χ4v) is 18.3. The van der Waals surface area contributed by atoms with Gasteiger partial charge >= 0.3 is 282 Å². The molecular weight excluding hydrogens is 658 g/mol. The van der Waals surface area contributed by atoms with Crippen LogP contribution in [-0.2, 0) is 23.2 Å². The van der Waals surface area contributed by atoms with Crippen molar-refractivity contribution in [2.75, 3.05) is 0 Å². The molecular formula is C42H32P2Zr. The zero-order chi connectivity index (χ0) is 30.0. The van der Waals surface area contributed by atoms with E-state index in [2.05, 4.69) is 182 Å². The quantitative estimate of drug-likeness (QED) is 0.140. The molecule has 214 valence electrons. The van der Waals surface area contributed by atoms with Gasteiger partial charge in [0.05, 0.1) is 0 Å². The Labute approximate surface area is 280 Å². The standard InChI is InChI=1S/2C21H16P.Zr/c2*1-3-10-18(11-4-1)22(19-12-5-2-6-13-19)21-16-15-17-9-7-8-14-20(17)21;/h2*1-15,21H;. The van der Waals surface area contributed by atoms with Crippen LogP contribution in [0.3, 0.4) is 0 Å². The van der Waals surface area contributed by atoms with E-state index in [4.69, 9.17) is 0 Å².